The van der Waals surface area contributed by atoms with E-state index in [4.69, 9.17) is 11.6 Å². The summed E-state index contributed by atoms with van der Waals surface area (Å²) >= 11 is 6.35. The van der Waals surface area contributed by atoms with Crippen molar-refractivity contribution in [2.45, 2.75) is 19.8 Å². The summed E-state index contributed by atoms with van der Waals surface area (Å²) in [5.74, 6) is 0.0984. The van der Waals surface area contributed by atoms with Crippen molar-refractivity contribution in [3.8, 4) is 5.69 Å². The van der Waals surface area contributed by atoms with Crippen molar-refractivity contribution >= 4 is 23.7 Å². The van der Waals surface area contributed by atoms with E-state index in [1.165, 1.54) is 0 Å². The number of aromatic nitrogens is 2. The molecule has 21 heavy (non-hydrogen) atoms. The predicted molar refractivity (Wildman–Crippen MR) is 81.8 cm³/mol. The number of benzene rings is 1. The number of halogens is 1. The molecule has 1 heterocycles. The average Bonchev–Trinajstić information content (AvgIpc) is 3.30. The first-order chi connectivity index (χ1) is 10.2. The van der Waals surface area contributed by atoms with Crippen molar-refractivity contribution in [3.63, 3.8) is 0 Å². The van der Waals surface area contributed by atoms with Crippen LogP contribution in [-0.4, -0.2) is 21.9 Å². The number of hydrazone groups is 1. The summed E-state index contributed by atoms with van der Waals surface area (Å²) in [7, 11) is 0. The summed E-state index contributed by atoms with van der Waals surface area (Å²) in [5.41, 5.74) is 4.88. The van der Waals surface area contributed by atoms with Crippen LogP contribution in [0.15, 0.2) is 35.4 Å². The maximum atomic E-state index is 11.5. The molecular weight excluding hydrogens is 288 g/mol. The zero-order chi connectivity index (χ0) is 14.8. The van der Waals surface area contributed by atoms with Crippen LogP contribution in [0.4, 0.5) is 0 Å². The molecule has 5 nitrogen and oxygen atoms in total. The van der Waals surface area contributed by atoms with E-state index in [1.54, 1.807) is 10.9 Å². The van der Waals surface area contributed by atoms with Gasteiger partial charge in [-0.05, 0) is 31.9 Å². The Labute approximate surface area is 127 Å². The molecule has 0 atom stereocenters. The molecule has 1 aromatic carbocycles. The van der Waals surface area contributed by atoms with Gasteiger partial charge in [0.2, 0.25) is 5.91 Å². The first-order valence-electron chi connectivity index (χ1n) is 6.80. The fourth-order valence-corrected chi connectivity index (χ4v) is 2.32. The van der Waals surface area contributed by atoms with Gasteiger partial charge in [0, 0.05) is 5.92 Å². The summed E-state index contributed by atoms with van der Waals surface area (Å²) in [6.45, 7) is 1.86. The largest absolute Gasteiger partial charge is 0.273 e. The molecule has 108 valence electrons. The lowest BCUT2D eigenvalue weighted by Crippen LogP contribution is -2.19. The summed E-state index contributed by atoms with van der Waals surface area (Å²) in [5, 5.41) is 8.85. The minimum absolute atomic E-state index is 0.0320. The monoisotopic (exact) mass is 302 g/mol. The van der Waals surface area contributed by atoms with Crippen LogP contribution in [0, 0.1) is 12.8 Å². The second-order valence-corrected chi connectivity index (χ2v) is 5.40. The Kier molecular flexibility index (Phi) is 3.75. The molecule has 1 amide bonds. The minimum Gasteiger partial charge on any atom is -0.273 e. The molecule has 0 saturated heterocycles. The minimum atomic E-state index is -0.0320. The normalized spacial score (nSPS) is 14.6. The van der Waals surface area contributed by atoms with Gasteiger partial charge in [-0.1, -0.05) is 29.8 Å². The number of carbonyl (C=O) groups excluding carboxylic acids is 1. The van der Waals surface area contributed by atoms with Crippen molar-refractivity contribution < 1.29 is 4.79 Å². The van der Waals surface area contributed by atoms with E-state index in [2.05, 4.69) is 15.6 Å². The number of amides is 1. The van der Waals surface area contributed by atoms with E-state index >= 15 is 0 Å². The number of hydrogen-bond acceptors (Lipinski definition) is 3. The van der Waals surface area contributed by atoms with E-state index in [0.29, 0.717) is 10.7 Å². The molecule has 1 aliphatic rings. The zero-order valence-electron chi connectivity index (χ0n) is 11.6. The highest BCUT2D eigenvalue weighted by Crippen LogP contribution is 2.28. The summed E-state index contributed by atoms with van der Waals surface area (Å²) in [6, 6.07) is 9.63. The first kappa shape index (κ1) is 13.8. The van der Waals surface area contributed by atoms with Gasteiger partial charge < -0.3 is 0 Å². The highest BCUT2D eigenvalue weighted by atomic mass is 35.5. The summed E-state index contributed by atoms with van der Waals surface area (Å²) in [6.07, 6.45) is 3.45. The van der Waals surface area contributed by atoms with Gasteiger partial charge >= 0.3 is 0 Å². The van der Waals surface area contributed by atoms with Crippen molar-refractivity contribution in [2.75, 3.05) is 0 Å². The molecule has 0 unspecified atom stereocenters. The number of carbonyl (C=O) groups is 1. The van der Waals surface area contributed by atoms with E-state index in [1.807, 2.05) is 37.3 Å². The molecule has 2 aromatic rings. The Morgan fingerprint density at radius 1 is 1.43 bits per heavy atom. The Bertz CT molecular complexity index is 689. The highest BCUT2D eigenvalue weighted by molar-refractivity contribution is 6.32. The second-order valence-electron chi connectivity index (χ2n) is 5.05. The fraction of sp³-hybridized carbons (Fsp3) is 0.267. The third-order valence-corrected chi connectivity index (χ3v) is 3.73. The first-order valence-corrected chi connectivity index (χ1v) is 7.18. The molecule has 6 heteroatoms. The maximum Gasteiger partial charge on any atom is 0.243 e. The van der Waals surface area contributed by atoms with Crippen LogP contribution in [0.5, 0.6) is 0 Å². The molecule has 1 aliphatic carbocycles. The molecule has 1 aromatic heterocycles. The lowest BCUT2D eigenvalue weighted by molar-refractivity contribution is -0.122. The Balaban J connectivity index is 1.81. The van der Waals surface area contributed by atoms with Crippen LogP contribution in [0.25, 0.3) is 5.69 Å². The molecule has 1 N–H and O–H groups in total. The van der Waals surface area contributed by atoms with Crippen LogP contribution >= 0.6 is 11.6 Å². The number of para-hydroxylation sites is 1. The number of aryl methyl sites for hydroxylation is 1. The van der Waals surface area contributed by atoms with Crippen LogP contribution in [-0.2, 0) is 4.79 Å². The van der Waals surface area contributed by atoms with Crippen molar-refractivity contribution in [1.82, 2.24) is 15.2 Å². The second kappa shape index (κ2) is 5.69. The average molecular weight is 303 g/mol. The third kappa shape index (κ3) is 2.97. The van der Waals surface area contributed by atoms with Crippen molar-refractivity contribution in [1.29, 1.82) is 0 Å². The number of rotatable bonds is 4. The lowest BCUT2D eigenvalue weighted by atomic mass is 10.3. The van der Waals surface area contributed by atoms with Gasteiger partial charge in [-0.2, -0.15) is 10.2 Å². The van der Waals surface area contributed by atoms with Gasteiger partial charge in [0.25, 0.3) is 0 Å². The molecular formula is C15H15ClN4O. The molecule has 3 rings (SSSR count). The Morgan fingerprint density at radius 3 is 2.81 bits per heavy atom. The molecule has 0 aliphatic heterocycles. The van der Waals surface area contributed by atoms with Crippen LogP contribution < -0.4 is 5.43 Å². The molecule has 1 saturated carbocycles. The highest BCUT2D eigenvalue weighted by Gasteiger charge is 2.29. The fourth-order valence-electron chi connectivity index (χ4n) is 2.00. The number of nitrogens with one attached hydrogen (secondary N) is 1. The Hall–Kier alpha value is -2.14. The molecule has 0 bridgehead atoms. The molecule has 1 fully saturated rings. The quantitative estimate of drug-likeness (QED) is 0.697. The van der Waals surface area contributed by atoms with Gasteiger partial charge in [0.1, 0.15) is 5.15 Å². The summed E-state index contributed by atoms with van der Waals surface area (Å²) < 4.78 is 1.65. The lowest BCUT2D eigenvalue weighted by Gasteiger charge is -2.01. The van der Waals surface area contributed by atoms with E-state index < -0.39 is 0 Å². The van der Waals surface area contributed by atoms with E-state index in [9.17, 15) is 4.79 Å². The topological polar surface area (TPSA) is 59.3 Å². The van der Waals surface area contributed by atoms with Crippen LogP contribution in [0.1, 0.15) is 24.1 Å². The van der Waals surface area contributed by atoms with Crippen LogP contribution in [0.2, 0.25) is 5.15 Å². The van der Waals surface area contributed by atoms with Crippen LogP contribution in [0.3, 0.4) is 0 Å². The predicted octanol–water partition coefficient (Wildman–Crippen LogP) is 2.69. The van der Waals surface area contributed by atoms with Gasteiger partial charge in [0.05, 0.1) is 23.2 Å². The summed E-state index contributed by atoms with van der Waals surface area (Å²) in [4.78, 5) is 11.5. The Morgan fingerprint density at radius 2 is 2.14 bits per heavy atom. The zero-order valence-corrected chi connectivity index (χ0v) is 12.3. The standard InChI is InChI=1S/C15H15ClN4O/c1-10-13(9-17-18-15(21)11-7-8-11)14(16)20(19-10)12-5-3-2-4-6-12/h2-6,9,11H,7-8H2,1H3,(H,18,21). The van der Waals surface area contributed by atoms with Crippen molar-refractivity contribution in [3.05, 3.63) is 46.7 Å². The van der Waals surface area contributed by atoms with Gasteiger partial charge in [-0.25, -0.2) is 10.1 Å². The number of hydrogen-bond donors (Lipinski definition) is 1. The van der Waals surface area contributed by atoms with Gasteiger partial charge in [-0.3, -0.25) is 4.79 Å². The molecule has 0 spiro atoms. The van der Waals surface area contributed by atoms with Crippen molar-refractivity contribution in [2.24, 2.45) is 11.0 Å². The van der Waals surface area contributed by atoms with Gasteiger partial charge in [-0.15, -0.1) is 0 Å². The van der Waals surface area contributed by atoms with E-state index in [0.717, 1.165) is 24.2 Å². The third-order valence-electron chi connectivity index (χ3n) is 3.37. The smallest absolute Gasteiger partial charge is 0.243 e. The maximum absolute atomic E-state index is 11.5. The van der Waals surface area contributed by atoms with Gasteiger partial charge in [0.15, 0.2) is 0 Å². The molecule has 0 radical (unpaired) electrons. The van der Waals surface area contributed by atoms with E-state index in [-0.39, 0.29) is 11.8 Å². The SMILES string of the molecule is Cc1nn(-c2ccccc2)c(Cl)c1C=NNC(=O)C1CC1. The number of nitrogens with zero attached hydrogens (tertiary/aromatic N) is 3.